The normalized spacial score (nSPS) is 11.9. The fourth-order valence-electron chi connectivity index (χ4n) is 2.80. The number of amides is 1. The van der Waals surface area contributed by atoms with Crippen molar-refractivity contribution in [2.24, 2.45) is 7.05 Å². The van der Waals surface area contributed by atoms with E-state index in [1.165, 1.54) is 11.8 Å². The first-order valence-electron chi connectivity index (χ1n) is 8.47. The fraction of sp³-hybridized carbons (Fsp3) is 0.200. The summed E-state index contributed by atoms with van der Waals surface area (Å²) >= 11 is 13.7. The van der Waals surface area contributed by atoms with Crippen LogP contribution in [0.2, 0.25) is 10.0 Å². The van der Waals surface area contributed by atoms with Gasteiger partial charge in [0.2, 0.25) is 5.91 Å². The van der Waals surface area contributed by atoms with E-state index in [0.717, 1.165) is 5.56 Å². The Kier molecular flexibility index (Phi) is 6.88. The van der Waals surface area contributed by atoms with Crippen LogP contribution in [0.4, 0.5) is 0 Å². The van der Waals surface area contributed by atoms with E-state index in [9.17, 15) is 4.79 Å². The summed E-state index contributed by atoms with van der Waals surface area (Å²) in [5.41, 5.74) is 0.827. The second-order valence-corrected chi connectivity index (χ2v) is 7.78. The third-order valence-corrected chi connectivity index (χ3v) is 6.13. The minimum atomic E-state index is -0.453. The molecule has 5 nitrogen and oxygen atoms in total. The van der Waals surface area contributed by atoms with E-state index < -0.39 is 6.04 Å². The molecule has 8 heteroatoms. The highest BCUT2D eigenvalue weighted by atomic mass is 35.5. The molecule has 0 saturated heterocycles. The van der Waals surface area contributed by atoms with Crippen LogP contribution in [0.5, 0.6) is 5.75 Å². The molecule has 0 aliphatic carbocycles. The highest BCUT2D eigenvalue weighted by molar-refractivity contribution is 8.00. The number of carbonyl (C=O) groups is 1. The molecule has 28 heavy (non-hydrogen) atoms. The van der Waals surface area contributed by atoms with Crippen LogP contribution in [0.3, 0.4) is 0 Å². The van der Waals surface area contributed by atoms with Gasteiger partial charge in [0.15, 0.2) is 0 Å². The Morgan fingerprint density at radius 2 is 1.93 bits per heavy atom. The Morgan fingerprint density at radius 3 is 2.57 bits per heavy atom. The first kappa shape index (κ1) is 20.6. The van der Waals surface area contributed by atoms with Gasteiger partial charge >= 0.3 is 0 Å². The molecule has 0 unspecified atom stereocenters. The molecular weight excluding hydrogens is 417 g/mol. The van der Waals surface area contributed by atoms with Gasteiger partial charge in [0.05, 0.1) is 22.9 Å². The molecule has 0 aliphatic rings. The lowest BCUT2D eigenvalue weighted by molar-refractivity contribution is -0.119. The zero-order valence-corrected chi connectivity index (χ0v) is 17.7. The van der Waals surface area contributed by atoms with E-state index in [1.807, 2.05) is 42.1 Å². The van der Waals surface area contributed by atoms with Gasteiger partial charge in [-0.25, -0.2) is 4.98 Å². The molecule has 1 amide bonds. The second-order valence-electron chi connectivity index (χ2n) is 5.98. The number of imidazole rings is 1. The molecule has 0 radical (unpaired) electrons. The smallest absolute Gasteiger partial charge is 0.231 e. The standard InChI is InChI=1S/C20H19Cl2N3O2S/c1-25-11-10-23-20(25)18(13-6-3-4-9-16(13)27-2)24-17(26)12-28-19-14(21)7-5-8-15(19)22/h3-11,18H,12H2,1-2H3,(H,24,26)/t18-/m1/s1. The number of hydrogen-bond donors (Lipinski definition) is 1. The van der Waals surface area contributed by atoms with E-state index >= 15 is 0 Å². The number of nitrogens with one attached hydrogen (secondary N) is 1. The van der Waals surface area contributed by atoms with Crippen LogP contribution in [-0.4, -0.2) is 28.3 Å². The zero-order chi connectivity index (χ0) is 20.1. The van der Waals surface area contributed by atoms with Crippen molar-refractivity contribution >= 4 is 40.9 Å². The molecule has 146 valence electrons. The quantitative estimate of drug-likeness (QED) is 0.544. The molecule has 1 heterocycles. The Labute approximate surface area is 178 Å². The van der Waals surface area contributed by atoms with Gasteiger partial charge in [-0.1, -0.05) is 47.5 Å². The number of aromatic nitrogens is 2. The summed E-state index contributed by atoms with van der Waals surface area (Å²) in [5, 5.41) is 4.10. The van der Waals surface area contributed by atoms with Crippen molar-refractivity contribution in [3.63, 3.8) is 0 Å². The minimum Gasteiger partial charge on any atom is -0.496 e. The molecule has 0 saturated carbocycles. The van der Waals surface area contributed by atoms with E-state index in [2.05, 4.69) is 10.3 Å². The molecular formula is C20H19Cl2N3O2S. The van der Waals surface area contributed by atoms with Gasteiger partial charge in [-0.15, -0.1) is 11.8 Å². The summed E-state index contributed by atoms with van der Waals surface area (Å²) in [5.74, 6) is 1.38. The summed E-state index contributed by atoms with van der Waals surface area (Å²) in [7, 11) is 3.49. The molecule has 3 rings (SSSR count). The monoisotopic (exact) mass is 435 g/mol. The average Bonchev–Trinajstić information content (AvgIpc) is 3.11. The van der Waals surface area contributed by atoms with Gasteiger partial charge in [0.1, 0.15) is 17.6 Å². The second kappa shape index (κ2) is 9.37. The molecule has 0 bridgehead atoms. The Bertz CT molecular complexity index is 957. The Hall–Kier alpha value is -2.15. The topological polar surface area (TPSA) is 56.1 Å². The number of para-hydroxylation sites is 1. The summed E-state index contributed by atoms with van der Waals surface area (Å²) in [6, 6.07) is 12.4. The van der Waals surface area contributed by atoms with E-state index in [0.29, 0.717) is 26.5 Å². The number of halogens is 2. The van der Waals surface area contributed by atoms with Crippen LogP contribution in [0.25, 0.3) is 0 Å². The zero-order valence-electron chi connectivity index (χ0n) is 15.4. The predicted octanol–water partition coefficient (Wildman–Crippen LogP) is 4.73. The third kappa shape index (κ3) is 4.63. The van der Waals surface area contributed by atoms with Crippen molar-refractivity contribution in [2.75, 3.05) is 12.9 Å². The number of hydrogen-bond acceptors (Lipinski definition) is 4. The van der Waals surface area contributed by atoms with E-state index in [4.69, 9.17) is 27.9 Å². The summed E-state index contributed by atoms with van der Waals surface area (Å²) < 4.78 is 7.35. The van der Waals surface area contributed by atoms with Crippen LogP contribution in [0.15, 0.2) is 59.8 Å². The molecule has 1 atom stereocenters. The molecule has 1 aromatic heterocycles. The maximum Gasteiger partial charge on any atom is 0.231 e. The average molecular weight is 436 g/mol. The van der Waals surface area contributed by atoms with Crippen LogP contribution in [-0.2, 0) is 11.8 Å². The van der Waals surface area contributed by atoms with Gasteiger partial charge in [-0.2, -0.15) is 0 Å². The first-order chi connectivity index (χ1) is 13.5. The Morgan fingerprint density at radius 1 is 1.21 bits per heavy atom. The lowest BCUT2D eigenvalue weighted by Gasteiger charge is -2.21. The molecule has 0 fully saturated rings. The van der Waals surface area contributed by atoms with Crippen LogP contribution >= 0.6 is 35.0 Å². The van der Waals surface area contributed by atoms with Crippen molar-refractivity contribution < 1.29 is 9.53 Å². The number of benzene rings is 2. The van der Waals surface area contributed by atoms with Crippen molar-refractivity contribution in [2.45, 2.75) is 10.9 Å². The number of aryl methyl sites for hydroxylation is 1. The highest BCUT2D eigenvalue weighted by Crippen LogP contribution is 2.34. The molecule has 3 aromatic rings. The van der Waals surface area contributed by atoms with Gasteiger partial charge in [-0.3, -0.25) is 4.79 Å². The lowest BCUT2D eigenvalue weighted by Crippen LogP contribution is -2.32. The fourth-order valence-corrected chi connectivity index (χ4v) is 4.30. The van der Waals surface area contributed by atoms with Crippen LogP contribution in [0.1, 0.15) is 17.4 Å². The number of nitrogens with zero attached hydrogens (tertiary/aromatic N) is 2. The maximum atomic E-state index is 12.7. The summed E-state index contributed by atoms with van der Waals surface area (Å²) in [4.78, 5) is 17.8. The van der Waals surface area contributed by atoms with Gasteiger partial charge in [0, 0.05) is 29.9 Å². The molecule has 0 aliphatic heterocycles. The minimum absolute atomic E-state index is 0.166. The van der Waals surface area contributed by atoms with Crippen molar-refractivity contribution in [1.29, 1.82) is 0 Å². The number of thioether (sulfide) groups is 1. The third-order valence-electron chi connectivity index (χ3n) is 4.14. The van der Waals surface area contributed by atoms with Crippen LogP contribution in [0, 0.1) is 0 Å². The summed E-state index contributed by atoms with van der Waals surface area (Å²) in [6.45, 7) is 0. The van der Waals surface area contributed by atoms with Crippen molar-refractivity contribution in [3.05, 3.63) is 76.3 Å². The number of methoxy groups -OCH3 is 1. The van der Waals surface area contributed by atoms with E-state index in [-0.39, 0.29) is 11.7 Å². The summed E-state index contributed by atoms with van der Waals surface area (Å²) in [6.07, 6.45) is 3.53. The molecule has 1 N–H and O–H groups in total. The Balaban J connectivity index is 1.82. The lowest BCUT2D eigenvalue weighted by atomic mass is 10.0. The molecule has 0 spiro atoms. The highest BCUT2D eigenvalue weighted by Gasteiger charge is 2.24. The van der Waals surface area contributed by atoms with Crippen molar-refractivity contribution in [3.8, 4) is 5.75 Å². The van der Waals surface area contributed by atoms with Crippen molar-refractivity contribution in [1.82, 2.24) is 14.9 Å². The van der Waals surface area contributed by atoms with Gasteiger partial charge in [-0.05, 0) is 18.2 Å². The van der Waals surface area contributed by atoms with Gasteiger partial charge < -0.3 is 14.6 Å². The van der Waals surface area contributed by atoms with Gasteiger partial charge in [0.25, 0.3) is 0 Å². The number of rotatable bonds is 7. The number of carbonyl (C=O) groups excluding carboxylic acids is 1. The van der Waals surface area contributed by atoms with Crippen LogP contribution < -0.4 is 10.1 Å². The largest absolute Gasteiger partial charge is 0.496 e. The predicted molar refractivity (Wildman–Crippen MR) is 113 cm³/mol. The number of ether oxygens (including phenoxy) is 1. The SMILES string of the molecule is COc1ccccc1[C@@H](NC(=O)CSc1c(Cl)cccc1Cl)c1nccn1C. The molecule has 2 aromatic carbocycles. The van der Waals surface area contributed by atoms with E-state index in [1.54, 1.807) is 31.5 Å². The maximum absolute atomic E-state index is 12.7. The first-order valence-corrected chi connectivity index (χ1v) is 10.2.